The highest BCUT2D eigenvalue weighted by atomic mass is 16.7. The van der Waals surface area contributed by atoms with Crippen LogP contribution in [0.1, 0.15) is 39.5 Å². The van der Waals surface area contributed by atoms with E-state index in [4.69, 9.17) is 9.47 Å². The Kier molecular flexibility index (Phi) is 9.00. The first-order valence-corrected chi connectivity index (χ1v) is 5.46. The predicted molar refractivity (Wildman–Crippen MR) is 60.3 cm³/mol. The Labute approximate surface area is 88.3 Å². The standard InChI is InChI=1S/C12H24O2/c1-5-7-8-10-11(9-6-2)12(13-3)14-4/h5,7,11-12H,6,8-10H2,1-4H3/b7-5-. The van der Waals surface area contributed by atoms with Gasteiger partial charge < -0.3 is 9.47 Å². The summed E-state index contributed by atoms with van der Waals surface area (Å²) in [6.45, 7) is 4.25. The molecule has 1 atom stereocenters. The molecule has 2 heteroatoms. The van der Waals surface area contributed by atoms with Crippen molar-refractivity contribution in [2.45, 2.75) is 45.8 Å². The van der Waals surface area contributed by atoms with Crippen molar-refractivity contribution in [2.24, 2.45) is 5.92 Å². The second-order valence-electron chi connectivity index (χ2n) is 3.53. The van der Waals surface area contributed by atoms with Gasteiger partial charge in [0.25, 0.3) is 0 Å². The lowest BCUT2D eigenvalue weighted by molar-refractivity contribution is -0.140. The fourth-order valence-corrected chi connectivity index (χ4v) is 1.75. The van der Waals surface area contributed by atoms with Gasteiger partial charge in [0, 0.05) is 20.1 Å². The Morgan fingerprint density at radius 3 is 2.21 bits per heavy atom. The molecule has 0 aromatic rings. The van der Waals surface area contributed by atoms with Gasteiger partial charge in [0.05, 0.1) is 0 Å². The topological polar surface area (TPSA) is 18.5 Å². The normalized spacial score (nSPS) is 14.1. The Balaban J connectivity index is 3.97. The summed E-state index contributed by atoms with van der Waals surface area (Å²) in [5.74, 6) is 0.520. The first-order valence-electron chi connectivity index (χ1n) is 5.46. The van der Waals surface area contributed by atoms with Gasteiger partial charge in [-0.05, 0) is 26.2 Å². The maximum Gasteiger partial charge on any atom is 0.159 e. The molecule has 0 aliphatic heterocycles. The van der Waals surface area contributed by atoms with E-state index in [2.05, 4.69) is 26.0 Å². The summed E-state index contributed by atoms with van der Waals surface area (Å²) in [6.07, 6.45) is 8.87. The van der Waals surface area contributed by atoms with E-state index >= 15 is 0 Å². The molecule has 0 N–H and O–H groups in total. The molecule has 14 heavy (non-hydrogen) atoms. The van der Waals surface area contributed by atoms with Crippen molar-refractivity contribution in [2.75, 3.05) is 14.2 Å². The predicted octanol–water partition coefficient (Wildman–Crippen LogP) is 3.38. The van der Waals surface area contributed by atoms with E-state index in [1.807, 2.05) is 0 Å². The van der Waals surface area contributed by atoms with Gasteiger partial charge in [-0.2, -0.15) is 0 Å². The second kappa shape index (κ2) is 9.22. The van der Waals surface area contributed by atoms with Crippen molar-refractivity contribution in [3.05, 3.63) is 12.2 Å². The van der Waals surface area contributed by atoms with Crippen LogP contribution in [0.25, 0.3) is 0 Å². The molecule has 1 unspecified atom stereocenters. The molecule has 2 nitrogen and oxygen atoms in total. The molecular weight excluding hydrogens is 176 g/mol. The molecule has 0 amide bonds. The minimum absolute atomic E-state index is 0.0415. The zero-order valence-corrected chi connectivity index (χ0v) is 9.95. The largest absolute Gasteiger partial charge is 0.356 e. The number of methoxy groups -OCH3 is 2. The quantitative estimate of drug-likeness (QED) is 0.442. The molecule has 0 aliphatic carbocycles. The third-order valence-electron chi connectivity index (χ3n) is 2.45. The van der Waals surface area contributed by atoms with Gasteiger partial charge in [-0.25, -0.2) is 0 Å². The smallest absolute Gasteiger partial charge is 0.159 e. The molecule has 0 spiro atoms. The van der Waals surface area contributed by atoms with Gasteiger partial charge in [0.2, 0.25) is 0 Å². The molecule has 84 valence electrons. The summed E-state index contributed by atoms with van der Waals surface area (Å²) in [7, 11) is 3.43. The number of rotatable bonds is 8. The Bertz CT molecular complexity index is 139. The lowest BCUT2D eigenvalue weighted by atomic mass is 9.97. The van der Waals surface area contributed by atoms with Gasteiger partial charge in [-0.1, -0.05) is 25.5 Å². The van der Waals surface area contributed by atoms with Crippen molar-refractivity contribution in [3.63, 3.8) is 0 Å². The van der Waals surface area contributed by atoms with Gasteiger partial charge >= 0.3 is 0 Å². The van der Waals surface area contributed by atoms with Gasteiger partial charge in [0.1, 0.15) is 0 Å². The zero-order valence-electron chi connectivity index (χ0n) is 9.95. The van der Waals surface area contributed by atoms with Crippen molar-refractivity contribution >= 4 is 0 Å². The summed E-state index contributed by atoms with van der Waals surface area (Å²) in [4.78, 5) is 0. The van der Waals surface area contributed by atoms with Crippen LogP contribution in [0.2, 0.25) is 0 Å². The number of hydrogen-bond acceptors (Lipinski definition) is 2. The SMILES string of the molecule is C/C=C\CCC(CCC)C(OC)OC. The monoisotopic (exact) mass is 200 g/mol. The van der Waals surface area contributed by atoms with Crippen molar-refractivity contribution in [1.82, 2.24) is 0 Å². The van der Waals surface area contributed by atoms with Crippen molar-refractivity contribution in [1.29, 1.82) is 0 Å². The van der Waals surface area contributed by atoms with Crippen LogP contribution in [0.15, 0.2) is 12.2 Å². The summed E-state index contributed by atoms with van der Waals surface area (Å²) in [5.41, 5.74) is 0. The average Bonchev–Trinajstić information content (AvgIpc) is 2.20. The molecule has 0 heterocycles. The minimum atomic E-state index is -0.0415. The Morgan fingerprint density at radius 2 is 1.79 bits per heavy atom. The summed E-state index contributed by atoms with van der Waals surface area (Å²) >= 11 is 0. The van der Waals surface area contributed by atoms with E-state index in [0.29, 0.717) is 5.92 Å². The third kappa shape index (κ3) is 5.40. The zero-order chi connectivity index (χ0) is 10.8. The van der Waals surface area contributed by atoms with Gasteiger partial charge in [-0.15, -0.1) is 0 Å². The van der Waals surface area contributed by atoms with E-state index in [-0.39, 0.29) is 6.29 Å². The molecule has 0 saturated heterocycles. The highest BCUT2D eigenvalue weighted by Gasteiger charge is 2.18. The van der Waals surface area contributed by atoms with Gasteiger partial charge in [0.15, 0.2) is 6.29 Å². The van der Waals surface area contributed by atoms with Crippen LogP contribution in [-0.2, 0) is 9.47 Å². The van der Waals surface area contributed by atoms with Crippen LogP contribution < -0.4 is 0 Å². The third-order valence-corrected chi connectivity index (χ3v) is 2.45. The maximum absolute atomic E-state index is 5.30. The molecule has 0 aliphatic rings. The van der Waals surface area contributed by atoms with Crippen LogP contribution in [0.4, 0.5) is 0 Å². The fourth-order valence-electron chi connectivity index (χ4n) is 1.75. The highest BCUT2D eigenvalue weighted by molar-refractivity contribution is 4.78. The van der Waals surface area contributed by atoms with E-state index in [0.717, 1.165) is 12.8 Å². The van der Waals surface area contributed by atoms with Crippen LogP contribution >= 0.6 is 0 Å². The number of ether oxygens (including phenoxy) is 2. The highest BCUT2D eigenvalue weighted by Crippen LogP contribution is 2.20. The Morgan fingerprint density at radius 1 is 1.14 bits per heavy atom. The van der Waals surface area contributed by atoms with Crippen LogP contribution in [-0.4, -0.2) is 20.5 Å². The van der Waals surface area contributed by atoms with Crippen molar-refractivity contribution < 1.29 is 9.47 Å². The number of allylic oxidation sites excluding steroid dienone is 2. The molecule has 0 radical (unpaired) electrons. The molecule has 0 saturated carbocycles. The molecular formula is C12H24O2. The van der Waals surface area contributed by atoms with E-state index in [9.17, 15) is 0 Å². The van der Waals surface area contributed by atoms with E-state index in [1.165, 1.54) is 12.8 Å². The van der Waals surface area contributed by atoms with Crippen molar-refractivity contribution in [3.8, 4) is 0 Å². The van der Waals surface area contributed by atoms with Crippen LogP contribution in [0, 0.1) is 5.92 Å². The second-order valence-corrected chi connectivity index (χ2v) is 3.53. The molecule has 0 fully saturated rings. The van der Waals surface area contributed by atoms with Crippen LogP contribution in [0.5, 0.6) is 0 Å². The first kappa shape index (κ1) is 13.7. The van der Waals surface area contributed by atoms with E-state index in [1.54, 1.807) is 14.2 Å². The lowest BCUT2D eigenvalue weighted by Gasteiger charge is -2.23. The fraction of sp³-hybridized carbons (Fsp3) is 0.833. The van der Waals surface area contributed by atoms with E-state index < -0.39 is 0 Å². The van der Waals surface area contributed by atoms with Crippen LogP contribution in [0.3, 0.4) is 0 Å². The molecule has 0 aromatic heterocycles. The minimum Gasteiger partial charge on any atom is -0.356 e. The number of hydrogen-bond donors (Lipinski definition) is 0. The maximum atomic E-state index is 5.30. The average molecular weight is 200 g/mol. The molecule has 0 aromatic carbocycles. The summed E-state index contributed by atoms with van der Waals surface area (Å²) < 4.78 is 10.6. The molecule has 0 rings (SSSR count). The first-order chi connectivity index (χ1) is 6.79. The Hall–Kier alpha value is -0.340. The summed E-state index contributed by atoms with van der Waals surface area (Å²) in [5, 5.41) is 0. The van der Waals surface area contributed by atoms with Gasteiger partial charge in [-0.3, -0.25) is 0 Å². The summed E-state index contributed by atoms with van der Waals surface area (Å²) in [6, 6.07) is 0. The lowest BCUT2D eigenvalue weighted by Crippen LogP contribution is -2.24. The molecule has 0 bridgehead atoms.